The van der Waals surface area contributed by atoms with Crippen LogP contribution < -0.4 is 10.1 Å². The third-order valence-corrected chi connectivity index (χ3v) is 3.97. The largest absolute Gasteiger partial charge is 0.497 e. The van der Waals surface area contributed by atoms with Gasteiger partial charge in [0.25, 0.3) is 0 Å². The van der Waals surface area contributed by atoms with Crippen LogP contribution in [0.1, 0.15) is 24.8 Å². The standard InChI is InChI=1S/C15H19NO2/c1-10-9-16-5-3-13(10)14-8-12(17-2)7-11-4-6-18-15(11)14/h4,6-8,10,13,16H,3,5,9H2,1-2H3/t10-,13+/m0/s1. The van der Waals surface area contributed by atoms with Gasteiger partial charge in [0, 0.05) is 10.9 Å². The van der Waals surface area contributed by atoms with E-state index in [9.17, 15) is 0 Å². The molecule has 2 heterocycles. The molecule has 1 fully saturated rings. The van der Waals surface area contributed by atoms with Crippen LogP contribution in [0.2, 0.25) is 0 Å². The van der Waals surface area contributed by atoms with Gasteiger partial charge in [-0.15, -0.1) is 0 Å². The van der Waals surface area contributed by atoms with Gasteiger partial charge in [-0.3, -0.25) is 0 Å². The van der Waals surface area contributed by atoms with Crippen molar-refractivity contribution in [1.82, 2.24) is 5.32 Å². The number of ether oxygens (including phenoxy) is 1. The molecule has 0 saturated carbocycles. The van der Waals surface area contributed by atoms with E-state index < -0.39 is 0 Å². The fourth-order valence-electron chi connectivity index (χ4n) is 2.95. The van der Waals surface area contributed by atoms with E-state index in [2.05, 4.69) is 18.3 Å². The molecule has 1 aromatic heterocycles. The molecule has 18 heavy (non-hydrogen) atoms. The minimum Gasteiger partial charge on any atom is -0.497 e. The van der Waals surface area contributed by atoms with E-state index in [4.69, 9.17) is 9.15 Å². The van der Waals surface area contributed by atoms with Crippen LogP contribution in [0.4, 0.5) is 0 Å². The van der Waals surface area contributed by atoms with Gasteiger partial charge in [-0.05, 0) is 49.5 Å². The summed E-state index contributed by atoms with van der Waals surface area (Å²) in [5, 5.41) is 4.58. The lowest BCUT2D eigenvalue weighted by molar-refractivity contribution is 0.347. The molecule has 0 unspecified atom stereocenters. The summed E-state index contributed by atoms with van der Waals surface area (Å²) in [7, 11) is 1.72. The lowest BCUT2D eigenvalue weighted by Crippen LogP contribution is -2.33. The second-order valence-electron chi connectivity index (χ2n) is 5.13. The lowest BCUT2D eigenvalue weighted by Gasteiger charge is -2.30. The van der Waals surface area contributed by atoms with Gasteiger partial charge in [-0.25, -0.2) is 0 Å². The summed E-state index contributed by atoms with van der Waals surface area (Å²) >= 11 is 0. The van der Waals surface area contributed by atoms with Crippen molar-refractivity contribution in [1.29, 1.82) is 0 Å². The van der Waals surface area contributed by atoms with Crippen molar-refractivity contribution in [2.24, 2.45) is 5.92 Å². The Morgan fingerprint density at radius 1 is 1.39 bits per heavy atom. The highest BCUT2D eigenvalue weighted by molar-refractivity contribution is 5.82. The zero-order valence-electron chi connectivity index (χ0n) is 10.9. The molecule has 2 atom stereocenters. The molecule has 3 rings (SSSR count). The highest BCUT2D eigenvalue weighted by Gasteiger charge is 2.26. The monoisotopic (exact) mass is 245 g/mol. The minimum atomic E-state index is 0.551. The summed E-state index contributed by atoms with van der Waals surface area (Å²) in [5.41, 5.74) is 2.32. The quantitative estimate of drug-likeness (QED) is 0.882. The highest BCUT2D eigenvalue weighted by atomic mass is 16.5. The van der Waals surface area contributed by atoms with Crippen LogP contribution in [0, 0.1) is 5.92 Å². The van der Waals surface area contributed by atoms with Crippen LogP contribution in [0.3, 0.4) is 0 Å². The van der Waals surface area contributed by atoms with Gasteiger partial charge < -0.3 is 14.5 Å². The molecule has 1 saturated heterocycles. The molecule has 96 valence electrons. The molecule has 1 aliphatic rings. The molecule has 2 aromatic rings. The third-order valence-electron chi connectivity index (χ3n) is 3.97. The van der Waals surface area contributed by atoms with Crippen molar-refractivity contribution in [2.45, 2.75) is 19.3 Å². The normalized spacial score (nSPS) is 24.3. The van der Waals surface area contributed by atoms with E-state index in [-0.39, 0.29) is 0 Å². The van der Waals surface area contributed by atoms with Crippen LogP contribution >= 0.6 is 0 Å². The lowest BCUT2D eigenvalue weighted by atomic mass is 9.81. The van der Waals surface area contributed by atoms with Crippen molar-refractivity contribution in [3.8, 4) is 5.75 Å². The molecule has 3 heteroatoms. The minimum absolute atomic E-state index is 0.551. The average molecular weight is 245 g/mol. The van der Waals surface area contributed by atoms with Crippen LogP contribution in [0.15, 0.2) is 28.9 Å². The van der Waals surface area contributed by atoms with E-state index in [0.29, 0.717) is 11.8 Å². The van der Waals surface area contributed by atoms with Crippen molar-refractivity contribution in [2.75, 3.05) is 20.2 Å². The number of methoxy groups -OCH3 is 1. The first-order chi connectivity index (χ1) is 8.79. The maximum absolute atomic E-state index is 5.67. The predicted octanol–water partition coefficient (Wildman–Crippen LogP) is 3.15. The van der Waals surface area contributed by atoms with Crippen LogP contribution in [0.25, 0.3) is 11.0 Å². The summed E-state index contributed by atoms with van der Waals surface area (Å²) in [6.45, 7) is 4.45. The fourth-order valence-corrected chi connectivity index (χ4v) is 2.95. The first kappa shape index (κ1) is 11.6. The van der Waals surface area contributed by atoms with E-state index >= 15 is 0 Å². The number of benzene rings is 1. The molecule has 0 bridgehead atoms. The molecule has 1 N–H and O–H groups in total. The first-order valence-corrected chi connectivity index (χ1v) is 6.55. The topological polar surface area (TPSA) is 34.4 Å². The Kier molecular flexibility index (Phi) is 3.00. The number of hydrogen-bond acceptors (Lipinski definition) is 3. The Labute approximate surface area is 107 Å². The van der Waals surface area contributed by atoms with Crippen LogP contribution in [0.5, 0.6) is 5.75 Å². The van der Waals surface area contributed by atoms with E-state index in [1.54, 1.807) is 13.4 Å². The van der Waals surface area contributed by atoms with Gasteiger partial charge in [-0.1, -0.05) is 6.92 Å². The van der Waals surface area contributed by atoms with Gasteiger partial charge in [0.2, 0.25) is 0 Å². The molecule has 1 aliphatic heterocycles. The van der Waals surface area contributed by atoms with Gasteiger partial charge >= 0.3 is 0 Å². The van der Waals surface area contributed by atoms with E-state index in [0.717, 1.165) is 36.2 Å². The highest BCUT2D eigenvalue weighted by Crippen LogP contribution is 2.37. The molecular formula is C15H19NO2. The second kappa shape index (κ2) is 4.65. The Balaban J connectivity index is 2.10. The number of piperidine rings is 1. The molecular weight excluding hydrogens is 226 g/mol. The number of rotatable bonds is 2. The zero-order valence-corrected chi connectivity index (χ0v) is 10.9. The van der Waals surface area contributed by atoms with Gasteiger partial charge in [0.05, 0.1) is 13.4 Å². The number of furan rings is 1. The Bertz CT molecular complexity index is 546. The molecule has 1 aromatic carbocycles. The molecule has 0 radical (unpaired) electrons. The fraction of sp³-hybridized carbons (Fsp3) is 0.467. The zero-order chi connectivity index (χ0) is 12.5. The van der Waals surface area contributed by atoms with Crippen molar-refractivity contribution >= 4 is 11.0 Å². The third kappa shape index (κ3) is 1.89. The van der Waals surface area contributed by atoms with Gasteiger partial charge in [0.15, 0.2) is 0 Å². The number of hydrogen-bond donors (Lipinski definition) is 1. The summed E-state index contributed by atoms with van der Waals surface area (Å²) in [6.07, 6.45) is 2.92. The molecule has 3 nitrogen and oxygen atoms in total. The predicted molar refractivity (Wildman–Crippen MR) is 72.2 cm³/mol. The SMILES string of the molecule is COc1cc([C@@H]2CCNC[C@@H]2C)c2occc2c1. The smallest absolute Gasteiger partial charge is 0.137 e. The summed E-state index contributed by atoms with van der Waals surface area (Å²) in [5.74, 6) is 2.10. The molecule has 0 aliphatic carbocycles. The Morgan fingerprint density at radius 2 is 2.28 bits per heavy atom. The summed E-state index contributed by atoms with van der Waals surface area (Å²) < 4.78 is 11.1. The molecule has 0 spiro atoms. The number of fused-ring (bicyclic) bond motifs is 1. The maximum Gasteiger partial charge on any atom is 0.137 e. The van der Waals surface area contributed by atoms with Crippen LogP contribution in [-0.2, 0) is 0 Å². The van der Waals surface area contributed by atoms with Crippen molar-refractivity contribution < 1.29 is 9.15 Å². The summed E-state index contributed by atoms with van der Waals surface area (Å²) in [6, 6.07) is 6.18. The van der Waals surface area contributed by atoms with Crippen LogP contribution in [-0.4, -0.2) is 20.2 Å². The maximum atomic E-state index is 5.67. The van der Waals surface area contributed by atoms with Crippen molar-refractivity contribution in [3.63, 3.8) is 0 Å². The summed E-state index contributed by atoms with van der Waals surface area (Å²) in [4.78, 5) is 0. The van der Waals surface area contributed by atoms with E-state index in [1.807, 2.05) is 12.1 Å². The average Bonchev–Trinajstić information content (AvgIpc) is 2.86. The van der Waals surface area contributed by atoms with Gasteiger partial charge in [-0.2, -0.15) is 0 Å². The Hall–Kier alpha value is -1.48. The molecule has 0 amide bonds. The Morgan fingerprint density at radius 3 is 3.06 bits per heavy atom. The second-order valence-corrected chi connectivity index (χ2v) is 5.13. The van der Waals surface area contributed by atoms with Crippen molar-refractivity contribution in [3.05, 3.63) is 30.0 Å². The first-order valence-electron chi connectivity index (χ1n) is 6.55. The van der Waals surface area contributed by atoms with E-state index in [1.165, 1.54) is 5.56 Å². The number of nitrogens with one attached hydrogen (secondary N) is 1. The van der Waals surface area contributed by atoms with Gasteiger partial charge in [0.1, 0.15) is 11.3 Å².